The Balaban J connectivity index is 2.04. The molecule has 3 N–H and O–H groups in total. The van der Waals surface area contributed by atoms with Gasteiger partial charge >= 0.3 is 0 Å². The van der Waals surface area contributed by atoms with E-state index in [1.165, 1.54) is 0 Å². The van der Waals surface area contributed by atoms with Gasteiger partial charge in [-0.2, -0.15) is 0 Å². The van der Waals surface area contributed by atoms with Crippen molar-refractivity contribution in [1.82, 2.24) is 5.32 Å². The lowest BCUT2D eigenvalue weighted by atomic mass is 9.98. The highest BCUT2D eigenvalue weighted by Gasteiger charge is 2.20. The summed E-state index contributed by atoms with van der Waals surface area (Å²) in [6, 6.07) is 5.84. The van der Waals surface area contributed by atoms with Crippen LogP contribution in [0, 0.1) is 5.92 Å². The first-order chi connectivity index (χ1) is 9.10. The molecule has 1 heterocycles. The molecule has 0 bridgehead atoms. The quantitative estimate of drug-likeness (QED) is 0.834. The van der Waals surface area contributed by atoms with Crippen molar-refractivity contribution in [1.29, 1.82) is 0 Å². The minimum atomic E-state index is -0.220. The molecule has 2 rings (SSSR count). The SMILES string of the molecule is CC(C)NC(=O)C(CN)Cc1ccc2c(c1)OCO2. The van der Waals surface area contributed by atoms with Gasteiger partial charge in [-0.25, -0.2) is 0 Å². The Labute approximate surface area is 113 Å². The molecule has 104 valence electrons. The molecule has 1 aliphatic heterocycles. The fourth-order valence-corrected chi connectivity index (χ4v) is 2.04. The summed E-state index contributed by atoms with van der Waals surface area (Å²) in [6.07, 6.45) is 0.603. The molecule has 1 aromatic carbocycles. The second kappa shape index (κ2) is 5.93. The van der Waals surface area contributed by atoms with Crippen LogP contribution in [-0.4, -0.2) is 25.3 Å². The summed E-state index contributed by atoms with van der Waals surface area (Å²) in [6.45, 7) is 4.46. The van der Waals surface area contributed by atoms with Gasteiger partial charge in [0, 0.05) is 12.6 Å². The lowest BCUT2D eigenvalue weighted by molar-refractivity contribution is -0.125. The molecule has 5 heteroatoms. The fraction of sp³-hybridized carbons (Fsp3) is 0.500. The number of fused-ring (bicyclic) bond motifs is 1. The first-order valence-electron chi connectivity index (χ1n) is 6.49. The summed E-state index contributed by atoms with van der Waals surface area (Å²) in [7, 11) is 0. The fourth-order valence-electron chi connectivity index (χ4n) is 2.04. The lowest BCUT2D eigenvalue weighted by Crippen LogP contribution is -2.39. The molecular formula is C14H20N2O3. The van der Waals surface area contributed by atoms with Crippen LogP contribution in [0.5, 0.6) is 11.5 Å². The summed E-state index contributed by atoms with van der Waals surface area (Å²) in [4.78, 5) is 12.0. The summed E-state index contributed by atoms with van der Waals surface area (Å²) in [5.41, 5.74) is 6.72. The van der Waals surface area contributed by atoms with Gasteiger partial charge < -0.3 is 20.5 Å². The molecule has 1 unspecified atom stereocenters. The number of hydrogen-bond donors (Lipinski definition) is 2. The van der Waals surface area contributed by atoms with Crippen molar-refractivity contribution in [3.05, 3.63) is 23.8 Å². The van der Waals surface area contributed by atoms with E-state index < -0.39 is 0 Å². The normalized spacial score (nSPS) is 14.5. The number of hydrogen-bond acceptors (Lipinski definition) is 4. The number of nitrogens with one attached hydrogen (secondary N) is 1. The summed E-state index contributed by atoms with van der Waals surface area (Å²) in [5.74, 6) is 1.26. The second-order valence-corrected chi connectivity index (χ2v) is 4.99. The minimum absolute atomic E-state index is 0.00448. The molecule has 1 amide bonds. The average molecular weight is 264 g/mol. The molecule has 0 saturated carbocycles. The molecule has 1 atom stereocenters. The van der Waals surface area contributed by atoms with E-state index in [1.54, 1.807) is 0 Å². The molecule has 1 aromatic rings. The third kappa shape index (κ3) is 3.38. The van der Waals surface area contributed by atoms with Crippen LogP contribution in [-0.2, 0) is 11.2 Å². The largest absolute Gasteiger partial charge is 0.454 e. The molecule has 0 spiro atoms. The summed E-state index contributed by atoms with van der Waals surface area (Å²) >= 11 is 0. The Morgan fingerprint density at radius 2 is 2.11 bits per heavy atom. The van der Waals surface area contributed by atoms with Gasteiger partial charge in [-0.1, -0.05) is 6.07 Å². The summed E-state index contributed by atoms with van der Waals surface area (Å²) in [5, 5.41) is 2.89. The average Bonchev–Trinajstić information content (AvgIpc) is 2.82. The molecule has 0 aliphatic carbocycles. The van der Waals surface area contributed by atoms with Crippen molar-refractivity contribution in [2.24, 2.45) is 11.7 Å². The Kier molecular flexibility index (Phi) is 4.27. The number of rotatable bonds is 5. The van der Waals surface area contributed by atoms with Crippen LogP contribution in [0.15, 0.2) is 18.2 Å². The highest BCUT2D eigenvalue weighted by atomic mass is 16.7. The molecule has 0 aromatic heterocycles. The van der Waals surface area contributed by atoms with Crippen molar-refractivity contribution in [3.63, 3.8) is 0 Å². The van der Waals surface area contributed by atoms with Gasteiger partial charge in [-0.05, 0) is 38.0 Å². The van der Waals surface area contributed by atoms with Crippen LogP contribution < -0.4 is 20.5 Å². The second-order valence-electron chi connectivity index (χ2n) is 4.99. The van der Waals surface area contributed by atoms with E-state index in [9.17, 15) is 4.79 Å². The lowest BCUT2D eigenvalue weighted by Gasteiger charge is -2.17. The first-order valence-corrected chi connectivity index (χ1v) is 6.49. The Bertz CT molecular complexity index is 460. The number of nitrogens with two attached hydrogens (primary N) is 1. The van der Waals surface area contributed by atoms with Gasteiger partial charge in [-0.15, -0.1) is 0 Å². The van der Waals surface area contributed by atoms with E-state index >= 15 is 0 Å². The highest BCUT2D eigenvalue weighted by Crippen LogP contribution is 2.33. The maximum atomic E-state index is 12.0. The van der Waals surface area contributed by atoms with Gasteiger partial charge in [0.25, 0.3) is 0 Å². The van der Waals surface area contributed by atoms with Gasteiger partial charge in [0.15, 0.2) is 11.5 Å². The predicted molar refractivity (Wildman–Crippen MR) is 72.1 cm³/mol. The standard InChI is InChI=1S/C14H20N2O3/c1-9(2)16-14(17)11(7-15)5-10-3-4-12-13(6-10)19-8-18-12/h3-4,6,9,11H,5,7-8,15H2,1-2H3,(H,16,17). The van der Waals surface area contributed by atoms with Gasteiger partial charge in [-0.3, -0.25) is 4.79 Å². The highest BCUT2D eigenvalue weighted by molar-refractivity contribution is 5.79. The Morgan fingerprint density at radius 3 is 2.79 bits per heavy atom. The molecular weight excluding hydrogens is 244 g/mol. The van der Waals surface area contributed by atoms with Gasteiger partial charge in [0.2, 0.25) is 12.7 Å². The molecule has 0 fully saturated rings. The molecule has 0 radical (unpaired) electrons. The third-order valence-electron chi connectivity index (χ3n) is 3.01. The van der Waals surface area contributed by atoms with Crippen molar-refractivity contribution >= 4 is 5.91 Å². The topological polar surface area (TPSA) is 73.6 Å². The van der Waals surface area contributed by atoms with Crippen LogP contribution in [0.25, 0.3) is 0 Å². The van der Waals surface area contributed by atoms with E-state index in [1.807, 2.05) is 32.0 Å². The number of ether oxygens (including phenoxy) is 2. The smallest absolute Gasteiger partial charge is 0.231 e. The Hall–Kier alpha value is -1.75. The molecule has 5 nitrogen and oxygen atoms in total. The first kappa shape index (κ1) is 13.7. The number of carbonyl (C=O) groups is 1. The van der Waals surface area contributed by atoms with Crippen molar-refractivity contribution in [3.8, 4) is 11.5 Å². The van der Waals surface area contributed by atoms with Crippen LogP contribution in [0.2, 0.25) is 0 Å². The van der Waals surface area contributed by atoms with Crippen molar-refractivity contribution in [2.75, 3.05) is 13.3 Å². The minimum Gasteiger partial charge on any atom is -0.454 e. The van der Waals surface area contributed by atoms with Crippen LogP contribution in [0.3, 0.4) is 0 Å². The summed E-state index contributed by atoms with van der Waals surface area (Å²) < 4.78 is 10.6. The van der Waals surface area contributed by atoms with E-state index in [-0.39, 0.29) is 24.7 Å². The number of amides is 1. The van der Waals surface area contributed by atoms with E-state index in [0.29, 0.717) is 13.0 Å². The predicted octanol–water partition coefficient (Wildman–Crippen LogP) is 1.06. The van der Waals surface area contributed by atoms with Gasteiger partial charge in [0.1, 0.15) is 0 Å². The maximum Gasteiger partial charge on any atom is 0.231 e. The van der Waals surface area contributed by atoms with Crippen LogP contribution in [0.4, 0.5) is 0 Å². The zero-order valence-corrected chi connectivity index (χ0v) is 11.3. The maximum absolute atomic E-state index is 12.0. The third-order valence-corrected chi connectivity index (χ3v) is 3.01. The van der Waals surface area contributed by atoms with E-state index in [0.717, 1.165) is 17.1 Å². The molecule has 1 aliphatic rings. The monoisotopic (exact) mass is 264 g/mol. The number of benzene rings is 1. The van der Waals surface area contributed by atoms with Crippen molar-refractivity contribution in [2.45, 2.75) is 26.3 Å². The van der Waals surface area contributed by atoms with E-state index in [2.05, 4.69) is 5.32 Å². The zero-order chi connectivity index (χ0) is 13.8. The molecule has 0 saturated heterocycles. The van der Waals surface area contributed by atoms with Crippen LogP contribution in [0.1, 0.15) is 19.4 Å². The van der Waals surface area contributed by atoms with Crippen molar-refractivity contribution < 1.29 is 14.3 Å². The zero-order valence-electron chi connectivity index (χ0n) is 11.3. The van der Waals surface area contributed by atoms with Crippen LogP contribution >= 0.6 is 0 Å². The van der Waals surface area contributed by atoms with E-state index in [4.69, 9.17) is 15.2 Å². The molecule has 19 heavy (non-hydrogen) atoms. The Morgan fingerprint density at radius 1 is 1.37 bits per heavy atom. The number of carbonyl (C=O) groups excluding carboxylic acids is 1. The van der Waals surface area contributed by atoms with Gasteiger partial charge in [0.05, 0.1) is 5.92 Å².